The smallest absolute Gasteiger partial charge is 0.337 e. The molecule has 1 aliphatic rings. The Morgan fingerprint density at radius 1 is 1.11 bits per heavy atom. The SMILES string of the molecule is Cc1cc(C(C)Nc2ccccc2C(=O)O)c2oc(N3CC(C)(c4ccc(F)cc4)C3)cc(=O)c2c1. The number of hydrogen-bond donors (Lipinski definition) is 2. The first-order valence-corrected chi connectivity index (χ1v) is 11.8. The second-order valence-electron chi connectivity index (χ2n) is 9.82. The van der Waals surface area contributed by atoms with Gasteiger partial charge in [-0.15, -0.1) is 0 Å². The van der Waals surface area contributed by atoms with Crippen LogP contribution in [0.5, 0.6) is 0 Å². The van der Waals surface area contributed by atoms with E-state index in [1.807, 2.05) is 30.9 Å². The molecule has 0 aliphatic carbocycles. The Bertz CT molecular complexity index is 1520. The van der Waals surface area contributed by atoms with Crippen molar-refractivity contribution < 1.29 is 18.7 Å². The van der Waals surface area contributed by atoms with Gasteiger partial charge in [0, 0.05) is 35.8 Å². The van der Waals surface area contributed by atoms with Crippen LogP contribution in [0.2, 0.25) is 0 Å². The summed E-state index contributed by atoms with van der Waals surface area (Å²) in [6, 6.07) is 18.2. The van der Waals surface area contributed by atoms with E-state index in [0.717, 1.165) is 16.7 Å². The fourth-order valence-corrected chi connectivity index (χ4v) is 4.99. The minimum absolute atomic E-state index is 0.135. The fourth-order valence-electron chi connectivity index (χ4n) is 4.99. The minimum atomic E-state index is -1.02. The van der Waals surface area contributed by atoms with Crippen LogP contribution >= 0.6 is 0 Å². The maximum atomic E-state index is 13.4. The number of rotatable bonds is 6. The van der Waals surface area contributed by atoms with Crippen molar-refractivity contribution in [3.63, 3.8) is 0 Å². The molecular formula is C29H27FN2O4. The first-order valence-electron chi connectivity index (χ1n) is 11.8. The van der Waals surface area contributed by atoms with Crippen LogP contribution in [0.1, 0.15) is 46.9 Å². The monoisotopic (exact) mass is 486 g/mol. The Morgan fingerprint density at radius 3 is 2.50 bits per heavy atom. The lowest BCUT2D eigenvalue weighted by Gasteiger charge is -2.48. The molecule has 0 spiro atoms. The van der Waals surface area contributed by atoms with E-state index < -0.39 is 5.97 Å². The number of benzene rings is 3. The van der Waals surface area contributed by atoms with E-state index in [4.69, 9.17) is 4.42 Å². The lowest BCUT2D eigenvalue weighted by Crippen LogP contribution is -2.58. The van der Waals surface area contributed by atoms with Gasteiger partial charge >= 0.3 is 5.97 Å². The zero-order chi connectivity index (χ0) is 25.6. The van der Waals surface area contributed by atoms with Crippen molar-refractivity contribution in [2.75, 3.05) is 23.3 Å². The summed E-state index contributed by atoms with van der Waals surface area (Å²) < 4.78 is 19.7. The van der Waals surface area contributed by atoms with Gasteiger partial charge in [-0.1, -0.05) is 37.3 Å². The number of aromatic carboxylic acids is 1. The third-order valence-electron chi connectivity index (χ3n) is 6.92. The van der Waals surface area contributed by atoms with Gasteiger partial charge in [0.25, 0.3) is 0 Å². The lowest BCUT2D eigenvalue weighted by molar-refractivity contribution is 0.0698. The van der Waals surface area contributed by atoms with Crippen molar-refractivity contribution in [2.24, 2.45) is 0 Å². The molecule has 0 bridgehead atoms. The zero-order valence-corrected chi connectivity index (χ0v) is 20.3. The van der Waals surface area contributed by atoms with E-state index in [9.17, 15) is 19.1 Å². The summed E-state index contributed by atoms with van der Waals surface area (Å²) in [6.45, 7) is 7.20. The molecule has 4 aromatic rings. The zero-order valence-electron chi connectivity index (χ0n) is 20.3. The third-order valence-corrected chi connectivity index (χ3v) is 6.92. The molecule has 184 valence electrons. The number of halogens is 1. The van der Waals surface area contributed by atoms with E-state index in [1.54, 1.807) is 36.4 Å². The molecule has 36 heavy (non-hydrogen) atoms. The molecule has 7 heteroatoms. The number of para-hydroxylation sites is 1. The summed E-state index contributed by atoms with van der Waals surface area (Å²) in [5, 5.41) is 13.3. The minimum Gasteiger partial charge on any atom is -0.478 e. The van der Waals surface area contributed by atoms with Crippen LogP contribution in [-0.2, 0) is 5.41 Å². The van der Waals surface area contributed by atoms with E-state index >= 15 is 0 Å². The highest BCUT2D eigenvalue weighted by atomic mass is 19.1. The predicted molar refractivity (Wildman–Crippen MR) is 139 cm³/mol. The molecule has 2 heterocycles. The van der Waals surface area contributed by atoms with E-state index in [1.165, 1.54) is 18.2 Å². The fraction of sp³-hybridized carbons (Fsp3) is 0.241. The summed E-state index contributed by atoms with van der Waals surface area (Å²) in [6.07, 6.45) is 0. The average molecular weight is 487 g/mol. The second kappa shape index (κ2) is 8.82. The molecule has 0 saturated carbocycles. The van der Waals surface area contributed by atoms with Gasteiger partial charge in [-0.2, -0.15) is 0 Å². The largest absolute Gasteiger partial charge is 0.478 e. The number of aryl methyl sites for hydroxylation is 1. The molecule has 6 nitrogen and oxygen atoms in total. The Kier molecular flexibility index (Phi) is 5.79. The van der Waals surface area contributed by atoms with Crippen molar-refractivity contribution in [1.82, 2.24) is 0 Å². The van der Waals surface area contributed by atoms with Crippen molar-refractivity contribution in [2.45, 2.75) is 32.2 Å². The first kappa shape index (κ1) is 23.6. The molecule has 1 saturated heterocycles. The maximum Gasteiger partial charge on any atom is 0.337 e. The van der Waals surface area contributed by atoms with Crippen LogP contribution in [-0.4, -0.2) is 24.2 Å². The lowest BCUT2D eigenvalue weighted by atomic mass is 9.75. The Balaban J connectivity index is 1.49. The summed E-state index contributed by atoms with van der Waals surface area (Å²) in [5.74, 6) is -0.805. The highest BCUT2D eigenvalue weighted by Crippen LogP contribution is 2.38. The van der Waals surface area contributed by atoms with Crippen molar-refractivity contribution in [3.05, 3.63) is 105 Å². The number of carboxylic acid groups (broad SMARTS) is 1. The predicted octanol–water partition coefficient (Wildman–Crippen LogP) is 5.89. The number of nitrogens with one attached hydrogen (secondary N) is 1. The molecule has 0 amide bonds. The van der Waals surface area contributed by atoms with Gasteiger partial charge in [-0.05, 0) is 55.3 Å². The Morgan fingerprint density at radius 2 is 1.81 bits per heavy atom. The molecule has 1 aromatic heterocycles. The van der Waals surface area contributed by atoms with Crippen LogP contribution in [0.3, 0.4) is 0 Å². The number of anilines is 2. The van der Waals surface area contributed by atoms with Gasteiger partial charge in [0.05, 0.1) is 17.0 Å². The van der Waals surface area contributed by atoms with E-state index in [-0.39, 0.29) is 28.3 Å². The molecule has 1 fully saturated rings. The topological polar surface area (TPSA) is 82.8 Å². The molecular weight excluding hydrogens is 459 g/mol. The summed E-state index contributed by atoms with van der Waals surface area (Å²) >= 11 is 0. The van der Waals surface area contributed by atoms with Crippen LogP contribution in [0, 0.1) is 12.7 Å². The Hall–Kier alpha value is -4.13. The maximum absolute atomic E-state index is 13.4. The number of fused-ring (bicyclic) bond motifs is 1. The van der Waals surface area contributed by atoms with Gasteiger partial charge in [0.1, 0.15) is 11.4 Å². The summed E-state index contributed by atoms with van der Waals surface area (Å²) in [5.41, 5.74) is 3.54. The van der Waals surface area contributed by atoms with Crippen LogP contribution < -0.4 is 15.6 Å². The van der Waals surface area contributed by atoms with Gasteiger partial charge in [0.15, 0.2) is 11.3 Å². The van der Waals surface area contributed by atoms with Crippen molar-refractivity contribution in [1.29, 1.82) is 0 Å². The number of nitrogens with zero attached hydrogens (tertiary/aromatic N) is 1. The van der Waals surface area contributed by atoms with Crippen LogP contribution in [0.4, 0.5) is 16.0 Å². The van der Waals surface area contributed by atoms with E-state index in [0.29, 0.717) is 35.6 Å². The van der Waals surface area contributed by atoms with E-state index in [2.05, 4.69) is 12.2 Å². The third kappa shape index (κ3) is 4.21. The molecule has 1 unspecified atom stereocenters. The van der Waals surface area contributed by atoms with Crippen LogP contribution in [0.25, 0.3) is 11.0 Å². The number of hydrogen-bond acceptors (Lipinski definition) is 5. The molecule has 1 aliphatic heterocycles. The number of carboxylic acids is 1. The first-order chi connectivity index (χ1) is 17.1. The molecule has 1 atom stereocenters. The van der Waals surface area contributed by atoms with Gasteiger partial charge in [-0.25, -0.2) is 9.18 Å². The molecule has 5 rings (SSSR count). The summed E-state index contributed by atoms with van der Waals surface area (Å²) in [7, 11) is 0. The van der Waals surface area contributed by atoms with Gasteiger partial charge < -0.3 is 19.7 Å². The van der Waals surface area contributed by atoms with Gasteiger partial charge in [0.2, 0.25) is 0 Å². The van der Waals surface area contributed by atoms with Crippen molar-refractivity contribution >= 4 is 28.5 Å². The number of carbonyl (C=O) groups is 1. The second-order valence-corrected chi connectivity index (χ2v) is 9.82. The highest BCUT2D eigenvalue weighted by molar-refractivity contribution is 5.94. The average Bonchev–Trinajstić information content (AvgIpc) is 2.82. The van der Waals surface area contributed by atoms with Crippen molar-refractivity contribution in [3.8, 4) is 0 Å². The summed E-state index contributed by atoms with van der Waals surface area (Å²) in [4.78, 5) is 26.8. The molecule has 2 N–H and O–H groups in total. The molecule has 0 radical (unpaired) electrons. The van der Waals surface area contributed by atoms with Crippen LogP contribution in [0.15, 0.2) is 75.9 Å². The standard InChI is InChI=1S/C29H27FN2O4/c1-17-12-22(18(2)31-24-7-5-4-6-21(24)28(34)35)27-23(13-17)25(33)14-26(36-27)32-15-29(3,16-32)19-8-10-20(30)11-9-19/h4-14,18,31H,15-16H2,1-3H3,(H,34,35). The molecule has 3 aromatic carbocycles. The highest BCUT2D eigenvalue weighted by Gasteiger charge is 2.41. The quantitative estimate of drug-likeness (QED) is 0.354. The normalized spacial score (nSPS) is 15.4. The Labute approximate surface area is 208 Å². The van der Waals surface area contributed by atoms with Gasteiger partial charge in [-0.3, -0.25) is 4.79 Å².